The lowest BCUT2D eigenvalue weighted by molar-refractivity contribution is -0.402. The number of unbranched alkanes of at least 4 members (excludes halogenated alkanes) is 1. The van der Waals surface area contributed by atoms with Gasteiger partial charge in [0.05, 0.1) is 25.0 Å². The molecule has 0 bridgehead atoms. The van der Waals surface area contributed by atoms with E-state index in [1.807, 2.05) is 0 Å². The van der Waals surface area contributed by atoms with Crippen LogP contribution in [0.25, 0.3) is 0 Å². The third kappa shape index (κ3) is 6.88. The van der Waals surface area contributed by atoms with Gasteiger partial charge in [-0.3, -0.25) is 33.5 Å². The Balaban J connectivity index is 1.69. The van der Waals surface area contributed by atoms with Gasteiger partial charge in [0.1, 0.15) is 29.6 Å². The molecule has 1 fully saturated rings. The zero-order valence-electron chi connectivity index (χ0n) is 19.1. The number of nitro groups is 1. The van der Waals surface area contributed by atoms with Crippen LogP contribution in [0.4, 0.5) is 10.3 Å². The van der Waals surface area contributed by atoms with Crippen molar-refractivity contribution in [2.75, 3.05) is 26.1 Å². The van der Waals surface area contributed by atoms with E-state index in [2.05, 4.69) is 0 Å². The van der Waals surface area contributed by atoms with Crippen LogP contribution in [0.2, 0.25) is 0 Å². The second-order valence-electron chi connectivity index (χ2n) is 7.89. The molecule has 4 atom stereocenters. The molecule has 0 saturated carbocycles. The first-order valence-electron chi connectivity index (χ1n) is 10.8. The molecule has 2 aromatic heterocycles. The Morgan fingerprint density at radius 1 is 1.39 bits per heavy atom. The standard InChI is InChI=1S/C19H25ClFN4O10P/c1-23(7-3-2-6-20)36(31,32-10-12-4-5-16(34-12)25(29)30)33-11-15-14(26)8-17(35-15)24-9-13(21)18(27)22-19(24)28/h4-5,9,14-15,17,26H,2-3,6-8,10-11H2,1H3,(H,22,27,28). The van der Waals surface area contributed by atoms with Gasteiger partial charge in [-0.2, -0.15) is 4.39 Å². The highest BCUT2D eigenvalue weighted by molar-refractivity contribution is 7.51. The van der Waals surface area contributed by atoms with Gasteiger partial charge in [0, 0.05) is 18.8 Å². The highest BCUT2D eigenvalue weighted by atomic mass is 35.5. The normalized spacial score (nSPS) is 21.6. The minimum Gasteiger partial charge on any atom is -0.403 e. The van der Waals surface area contributed by atoms with Crippen molar-refractivity contribution < 1.29 is 37.2 Å². The number of rotatable bonds is 13. The van der Waals surface area contributed by atoms with Crippen LogP contribution in [0.15, 0.2) is 32.3 Å². The molecule has 0 radical (unpaired) electrons. The molecule has 2 N–H and O–H groups in total. The lowest BCUT2D eigenvalue weighted by Crippen LogP contribution is -2.34. The number of alkyl halides is 1. The van der Waals surface area contributed by atoms with Gasteiger partial charge in [-0.05, 0) is 26.0 Å². The topological polar surface area (TPSA) is 179 Å². The average Bonchev–Trinajstić information content (AvgIpc) is 3.45. The Kier molecular flexibility index (Phi) is 9.58. The van der Waals surface area contributed by atoms with Crippen LogP contribution < -0.4 is 11.2 Å². The fraction of sp³-hybridized carbons (Fsp3) is 0.579. The molecule has 14 nitrogen and oxygen atoms in total. The third-order valence-corrected chi connectivity index (χ3v) is 7.56. The molecule has 1 aliphatic heterocycles. The molecule has 3 rings (SSSR count). The first-order chi connectivity index (χ1) is 17.0. The van der Waals surface area contributed by atoms with Crippen LogP contribution in [0.3, 0.4) is 0 Å². The van der Waals surface area contributed by atoms with Crippen molar-refractivity contribution >= 4 is 25.2 Å². The zero-order valence-corrected chi connectivity index (χ0v) is 20.7. The average molecular weight is 555 g/mol. The van der Waals surface area contributed by atoms with Gasteiger partial charge >= 0.3 is 19.3 Å². The van der Waals surface area contributed by atoms with Gasteiger partial charge in [-0.1, -0.05) is 0 Å². The van der Waals surface area contributed by atoms with Gasteiger partial charge in [0.25, 0.3) is 5.56 Å². The SMILES string of the molecule is CN(CCCCCl)P(=O)(OCc1ccc([N+](=O)[O-])o1)OCC1OC(n2cc(F)c(=O)[nH]c2=O)CC1O. The number of hydrogen-bond donors (Lipinski definition) is 2. The van der Waals surface area contributed by atoms with Crippen LogP contribution in [0.5, 0.6) is 0 Å². The third-order valence-electron chi connectivity index (χ3n) is 5.32. The predicted molar refractivity (Wildman–Crippen MR) is 122 cm³/mol. The van der Waals surface area contributed by atoms with Crippen molar-refractivity contribution in [2.45, 2.75) is 44.3 Å². The van der Waals surface area contributed by atoms with Crippen LogP contribution >= 0.6 is 19.3 Å². The molecule has 1 saturated heterocycles. The fourth-order valence-corrected chi connectivity index (χ4v) is 5.03. The zero-order chi connectivity index (χ0) is 26.5. The monoisotopic (exact) mass is 554 g/mol. The van der Waals surface area contributed by atoms with Crippen molar-refractivity contribution in [3.05, 3.63) is 60.9 Å². The Labute approximate surface area is 208 Å². The molecular formula is C19H25ClFN4O10P. The van der Waals surface area contributed by atoms with E-state index in [0.29, 0.717) is 24.9 Å². The minimum absolute atomic E-state index is 0.0383. The number of furan rings is 1. The van der Waals surface area contributed by atoms with E-state index in [1.54, 1.807) is 4.98 Å². The van der Waals surface area contributed by atoms with E-state index in [-0.39, 0.29) is 18.7 Å². The number of halogens is 2. The first-order valence-corrected chi connectivity index (χ1v) is 12.8. The van der Waals surface area contributed by atoms with Crippen LogP contribution in [0, 0.1) is 15.9 Å². The summed E-state index contributed by atoms with van der Waals surface area (Å²) in [4.78, 5) is 35.1. The van der Waals surface area contributed by atoms with Gasteiger partial charge in [0.15, 0.2) is 0 Å². The summed E-state index contributed by atoms with van der Waals surface area (Å²) in [6, 6.07) is 2.42. The maximum absolute atomic E-state index is 13.6. The smallest absolute Gasteiger partial charge is 0.403 e. The van der Waals surface area contributed by atoms with Gasteiger partial charge in [-0.15, -0.1) is 11.6 Å². The Hall–Kier alpha value is -2.39. The molecule has 3 heterocycles. The van der Waals surface area contributed by atoms with E-state index < -0.39 is 67.3 Å². The minimum atomic E-state index is -4.03. The van der Waals surface area contributed by atoms with E-state index in [9.17, 15) is 33.8 Å². The Bertz CT molecular complexity index is 1220. The molecule has 0 aliphatic carbocycles. The van der Waals surface area contributed by atoms with E-state index in [1.165, 1.54) is 17.8 Å². The number of aliphatic hydroxyl groups is 1. The molecule has 1 aliphatic rings. The van der Waals surface area contributed by atoms with Crippen molar-refractivity contribution in [3.8, 4) is 0 Å². The molecule has 36 heavy (non-hydrogen) atoms. The Morgan fingerprint density at radius 3 is 2.81 bits per heavy atom. The van der Waals surface area contributed by atoms with Crippen molar-refractivity contribution in [1.29, 1.82) is 0 Å². The van der Waals surface area contributed by atoms with Crippen LogP contribution in [-0.2, 0) is 25.0 Å². The van der Waals surface area contributed by atoms with Crippen LogP contribution in [-0.4, -0.2) is 62.5 Å². The van der Waals surface area contributed by atoms with Crippen molar-refractivity contribution in [2.24, 2.45) is 0 Å². The predicted octanol–water partition coefficient (Wildman–Crippen LogP) is 2.12. The summed E-state index contributed by atoms with van der Waals surface area (Å²) >= 11 is 5.70. The highest BCUT2D eigenvalue weighted by Gasteiger charge is 2.39. The van der Waals surface area contributed by atoms with Crippen LogP contribution in [0.1, 0.15) is 31.3 Å². The molecule has 200 valence electrons. The van der Waals surface area contributed by atoms with E-state index >= 15 is 0 Å². The number of H-pyrrole nitrogens is 1. The van der Waals surface area contributed by atoms with Gasteiger partial charge in [0.2, 0.25) is 5.82 Å². The summed E-state index contributed by atoms with van der Waals surface area (Å²) in [5, 5.41) is 21.2. The summed E-state index contributed by atoms with van der Waals surface area (Å²) < 4.78 is 51.0. The molecule has 0 amide bonds. The lowest BCUT2D eigenvalue weighted by atomic mass is 10.2. The first kappa shape index (κ1) is 28.2. The van der Waals surface area contributed by atoms with Gasteiger partial charge < -0.3 is 14.3 Å². The number of ether oxygens (including phenoxy) is 1. The van der Waals surface area contributed by atoms with E-state index in [4.69, 9.17) is 29.8 Å². The Morgan fingerprint density at radius 2 is 2.14 bits per heavy atom. The molecule has 0 spiro atoms. The number of aromatic amines is 1. The fourth-order valence-electron chi connectivity index (χ4n) is 3.36. The summed E-state index contributed by atoms with van der Waals surface area (Å²) in [6.45, 7) is -0.577. The number of aromatic nitrogens is 2. The maximum atomic E-state index is 13.6. The quantitative estimate of drug-likeness (QED) is 0.122. The molecule has 2 aromatic rings. The van der Waals surface area contributed by atoms with Crippen molar-refractivity contribution in [3.63, 3.8) is 0 Å². The molecule has 4 unspecified atom stereocenters. The summed E-state index contributed by atoms with van der Waals surface area (Å²) in [5.41, 5.74) is -2.12. The molecular weight excluding hydrogens is 530 g/mol. The maximum Gasteiger partial charge on any atom is 0.433 e. The second kappa shape index (κ2) is 12.2. The summed E-state index contributed by atoms with van der Waals surface area (Å²) in [5.74, 6) is -1.29. The number of aliphatic hydroxyl groups excluding tert-OH is 1. The molecule has 17 heteroatoms. The summed E-state index contributed by atoms with van der Waals surface area (Å²) in [6.07, 6.45) is -1.64. The number of hydrogen-bond acceptors (Lipinski definition) is 10. The lowest BCUT2D eigenvalue weighted by Gasteiger charge is -2.28. The summed E-state index contributed by atoms with van der Waals surface area (Å²) in [7, 11) is -2.55. The number of nitrogens with one attached hydrogen (secondary N) is 1. The largest absolute Gasteiger partial charge is 0.433 e. The molecule has 0 aromatic carbocycles. The number of nitrogens with zero attached hydrogens (tertiary/aromatic N) is 3. The van der Waals surface area contributed by atoms with E-state index in [0.717, 1.165) is 10.6 Å². The van der Waals surface area contributed by atoms with Gasteiger partial charge in [-0.25, -0.2) is 14.0 Å². The van der Waals surface area contributed by atoms with Crippen molar-refractivity contribution in [1.82, 2.24) is 14.2 Å². The highest BCUT2D eigenvalue weighted by Crippen LogP contribution is 2.52. The second-order valence-corrected chi connectivity index (χ2v) is 10.4.